The van der Waals surface area contributed by atoms with E-state index in [1.807, 2.05) is 0 Å². The zero-order chi connectivity index (χ0) is 11.5. The summed E-state index contributed by atoms with van der Waals surface area (Å²) in [6.45, 7) is 9.46. The van der Waals surface area contributed by atoms with E-state index in [0.29, 0.717) is 5.41 Å². The molecule has 1 fully saturated rings. The third-order valence-corrected chi connectivity index (χ3v) is 4.20. The Kier molecular flexibility index (Phi) is 4.20. The van der Waals surface area contributed by atoms with E-state index in [0.717, 1.165) is 30.6 Å². The predicted octanol–water partition coefficient (Wildman–Crippen LogP) is 4.39. The Morgan fingerprint density at radius 3 is 2.40 bits per heavy atom. The fourth-order valence-corrected chi connectivity index (χ4v) is 2.92. The minimum Gasteiger partial charge on any atom is -0.198 e. The smallest absolute Gasteiger partial charge is 0.0621 e. The van der Waals surface area contributed by atoms with Crippen molar-refractivity contribution in [2.75, 3.05) is 0 Å². The maximum absolute atomic E-state index is 8.61. The van der Waals surface area contributed by atoms with Crippen LogP contribution in [0.1, 0.15) is 59.8 Å². The summed E-state index contributed by atoms with van der Waals surface area (Å²) in [7, 11) is 0. The molecule has 1 saturated carbocycles. The summed E-state index contributed by atoms with van der Waals surface area (Å²) in [5.41, 5.74) is 0.467. The van der Waals surface area contributed by atoms with Gasteiger partial charge in [0.2, 0.25) is 0 Å². The molecule has 86 valence electrons. The van der Waals surface area contributed by atoms with Crippen LogP contribution in [-0.2, 0) is 0 Å². The first-order chi connectivity index (χ1) is 6.95. The van der Waals surface area contributed by atoms with Crippen LogP contribution >= 0.6 is 0 Å². The summed E-state index contributed by atoms with van der Waals surface area (Å²) in [5.74, 6) is 2.51. The van der Waals surface area contributed by atoms with Crippen molar-refractivity contribution >= 4 is 0 Å². The summed E-state index contributed by atoms with van der Waals surface area (Å²) in [6, 6.07) is 2.28. The first kappa shape index (κ1) is 12.6. The summed E-state index contributed by atoms with van der Waals surface area (Å²) < 4.78 is 0. The second kappa shape index (κ2) is 5.01. The third-order valence-electron chi connectivity index (χ3n) is 4.20. The van der Waals surface area contributed by atoms with Gasteiger partial charge in [0.25, 0.3) is 0 Å². The van der Waals surface area contributed by atoms with Crippen molar-refractivity contribution in [3.05, 3.63) is 0 Å². The van der Waals surface area contributed by atoms with Crippen molar-refractivity contribution in [1.82, 2.24) is 0 Å². The molecule has 3 atom stereocenters. The van der Waals surface area contributed by atoms with E-state index >= 15 is 0 Å². The number of nitriles is 1. The van der Waals surface area contributed by atoms with Crippen molar-refractivity contribution in [1.29, 1.82) is 5.26 Å². The van der Waals surface area contributed by atoms with Gasteiger partial charge < -0.3 is 0 Å². The molecule has 0 radical (unpaired) electrons. The molecule has 0 saturated heterocycles. The van der Waals surface area contributed by atoms with E-state index in [1.165, 1.54) is 19.3 Å². The Bertz CT molecular complexity index is 231. The minimum atomic E-state index is 0.467. The van der Waals surface area contributed by atoms with Crippen LogP contribution in [0.4, 0.5) is 0 Å². The molecule has 0 spiro atoms. The van der Waals surface area contributed by atoms with Gasteiger partial charge in [-0.1, -0.05) is 27.7 Å². The Labute approximate surface area is 94.9 Å². The lowest BCUT2D eigenvalue weighted by Crippen LogP contribution is -2.30. The quantitative estimate of drug-likeness (QED) is 0.659. The minimum absolute atomic E-state index is 0.467. The molecule has 0 unspecified atom stereocenters. The molecule has 1 nitrogen and oxygen atoms in total. The van der Waals surface area contributed by atoms with Crippen molar-refractivity contribution in [2.45, 2.75) is 59.8 Å². The summed E-state index contributed by atoms with van der Waals surface area (Å²) in [5, 5.41) is 8.61. The second-order valence-corrected chi connectivity index (χ2v) is 6.31. The molecule has 0 aliphatic heterocycles. The Hall–Kier alpha value is -0.510. The lowest BCUT2D eigenvalue weighted by molar-refractivity contribution is 0.103. The maximum atomic E-state index is 8.61. The van der Waals surface area contributed by atoms with Crippen LogP contribution in [0.2, 0.25) is 0 Å². The Morgan fingerprint density at radius 2 is 1.93 bits per heavy atom. The molecule has 0 aromatic rings. The van der Waals surface area contributed by atoms with Gasteiger partial charge in [-0.25, -0.2) is 0 Å². The average Bonchev–Trinajstić information content (AvgIpc) is 2.14. The highest BCUT2D eigenvalue weighted by molar-refractivity contribution is 4.85. The van der Waals surface area contributed by atoms with Crippen LogP contribution in [0.5, 0.6) is 0 Å². The molecule has 0 N–H and O–H groups in total. The largest absolute Gasteiger partial charge is 0.198 e. The van der Waals surface area contributed by atoms with E-state index in [2.05, 4.69) is 33.8 Å². The molecule has 1 heteroatoms. The number of hydrogen-bond donors (Lipinski definition) is 0. The van der Waals surface area contributed by atoms with Crippen molar-refractivity contribution in [3.63, 3.8) is 0 Å². The molecule has 0 heterocycles. The van der Waals surface area contributed by atoms with Gasteiger partial charge in [-0.05, 0) is 48.9 Å². The molecule has 0 amide bonds. The molecule has 0 aromatic heterocycles. The first-order valence-electron chi connectivity index (χ1n) is 6.32. The predicted molar refractivity (Wildman–Crippen MR) is 64.3 cm³/mol. The molecule has 1 aliphatic rings. The van der Waals surface area contributed by atoms with Crippen LogP contribution in [-0.4, -0.2) is 0 Å². The Balaban J connectivity index is 2.45. The van der Waals surface area contributed by atoms with Crippen LogP contribution in [0.3, 0.4) is 0 Å². The first-order valence-corrected chi connectivity index (χ1v) is 6.32. The average molecular weight is 207 g/mol. The molecular weight excluding hydrogens is 182 g/mol. The fraction of sp³-hybridized carbons (Fsp3) is 0.929. The summed E-state index contributed by atoms with van der Waals surface area (Å²) in [6.07, 6.45) is 5.93. The standard InChI is InChI=1S/C14H25N/c1-11-10-13(14(2,3)4)8-7-12(11)6-5-9-15/h11-13H,5-8,10H2,1-4H3/t11-,12+,13-/m0/s1. The lowest BCUT2D eigenvalue weighted by atomic mass is 9.65. The highest BCUT2D eigenvalue weighted by Gasteiger charge is 2.33. The molecule has 15 heavy (non-hydrogen) atoms. The van der Waals surface area contributed by atoms with E-state index < -0.39 is 0 Å². The van der Waals surface area contributed by atoms with Gasteiger partial charge in [0.15, 0.2) is 0 Å². The van der Waals surface area contributed by atoms with E-state index in [9.17, 15) is 0 Å². The molecule has 1 rings (SSSR count). The van der Waals surface area contributed by atoms with Crippen LogP contribution in [0, 0.1) is 34.5 Å². The number of nitrogens with zero attached hydrogens (tertiary/aromatic N) is 1. The topological polar surface area (TPSA) is 23.8 Å². The molecule has 0 bridgehead atoms. The second-order valence-electron chi connectivity index (χ2n) is 6.31. The van der Waals surface area contributed by atoms with Gasteiger partial charge in [-0.2, -0.15) is 5.26 Å². The van der Waals surface area contributed by atoms with Gasteiger partial charge >= 0.3 is 0 Å². The van der Waals surface area contributed by atoms with Gasteiger partial charge in [0.05, 0.1) is 6.07 Å². The molecule has 1 aliphatic carbocycles. The summed E-state index contributed by atoms with van der Waals surface area (Å²) in [4.78, 5) is 0. The SMILES string of the molecule is C[C@H]1C[C@@H](C(C)(C)C)CC[C@H]1CCC#N. The monoisotopic (exact) mass is 207 g/mol. The van der Waals surface area contributed by atoms with Crippen molar-refractivity contribution in [3.8, 4) is 6.07 Å². The van der Waals surface area contributed by atoms with E-state index in [-0.39, 0.29) is 0 Å². The van der Waals surface area contributed by atoms with Crippen molar-refractivity contribution < 1.29 is 0 Å². The van der Waals surface area contributed by atoms with Gasteiger partial charge in [-0.3, -0.25) is 0 Å². The summed E-state index contributed by atoms with van der Waals surface area (Å²) >= 11 is 0. The van der Waals surface area contributed by atoms with Crippen LogP contribution in [0.25, 0.3) is 0 Å². The number of rotatable bonds is 2. The van der Waals surface area contributed by atoms with Crippen LogP contribution < -0.4 is 0 Å². The zero-order valence-electron chi connectivity index (χ0n) is 10.7. The third kappa shape index (κ3) is 3.52. The van der Waals surface area contributed by atoms with E-state index in [4.69, 9.17) is 5.26 Å². The highest BCUT2D eigenvalue weighted by atomic mass is 14.4. The van der Waals surface area contributed by atoms with Gasteiger partial charge in [0.1, 0.15) is 0 Å². The maximum Gasteiger partial charge on any atom is 0.0621 e. The van der Waals surface area contributed by atoms with Gasteiger partial charge in [-0.15, -0.1) is 0 Å². The fourth-order valence-electron chi connectivity index (χ4n) is 2.92. The Morgan fingerprint density at radius 1 is 1.27 bits per heavy atom. The lowest BCUT2D eigenvalue weighted by Gasteiger charge is -2.40. The highest BCUT2D eigenvalue weighted by Crippen LogP contribution is 2.43. The normalized spacial score (nSPS) is 32.3. The zero-order valence-corrected chi connectivity index (χ0v) is 10.7. The number of hydrogen-bond acceptors (Lipinski definition) is 1. The van der Waals surface area contributed by atoms with Crippen molar-refractivity contribution in [2.24, 2.45) is 23.2 Å². The molecular formula is C14H25N. The van der Waals surface area contributed by atoms with Crippen LogP contribution in [0.15, 0.2) is 0 Å². The van der Waals surface area contributed by atoms with Gasteiger partial charge in [0, 0.05) is 6.42 Å². The van der Waals surface area contributed by atoms with E-state index in [1.54, 1.807) is 0 Å². The molecule has 0 aromatic carbocycles.